The summed E-state index contributed by atoms with van der Waals surface area (Å²) in [5.74, 6) is 0.492. The fourth-order valence-electron chi connectivity index (χ4n) is 2.32. The average molecular weight is 373 g/mol. The van der Waals surface area contributed by atoms with E-state index in [0.717, 1.165) is 26.7 Å². The van der Waals surface area contributed by atoms with Crippen LogP contribution in [-0.4, -0.2) is 31.7 Å². The van der Waals surface area contributed by atoms with Gasteiger partial charge in [0.05, 0.1) is 20.5 Å². The van der Waals surface area contributed by atoms with Crippen molar-refractivity contribution >= 4 is 44.8 Å². The van der Waals surface area contributed by atoms with Gasteiger partial charge in [-0.3, -0.25) is 4.79 Å². The van der Waals surface area contributed by atoms with Gasteiger partial charge < -0.3 is 0 Å². The first-order valence-electron chi connectivity index (χ1n) is 6.43. The third-order valence-electron chi connectivity index (χ3n) is 3.31. The zero-order valence-corrected chi connectivity index (χ0v) is 13.9. The molecule has 0 radical (unpaired) electrons. The molecule has 0 aromatic carbocycles. The lowest BCUT2D eigenvalue weighted by atomic mass is 10.3. The third kappa shape index (κ3) is 3.12. The zero-order chi connectivity index (χ0) is 13.9. The van der Waals surface area contributed by atoms with Gasteiger partial charge in [-0.1, -0.05) is 24.6 Å². The summed E-state index contributed by atoms with van der Waals surface area (Å²) in [5, 5.41) is 12.6. The van der Waals surface area contributed by atoms with Crippen LogP contribution in [0.1, 0.15) is 41.4 Å². The summed E-state index contributed by atoms with van der Waals surface area (Å²) in [6, 6.07) is 4.14. The van der Waals surface area contributed by atoms with Crippen molar-refractivity contribution in [2.24, 2.45) is 0 Å². The van der Waals surface area contributed by atoms with Gasteiger partial charge >= 0.3 is 0 Å². The van der Waals surface area contributed by atoms with Crippen molar-refractivity contribution < 1.29 is 4.79 Å². The summed E-state index contributed by atoms with van der Waals surface area (Å²) in [6.45, 7) is 0. The summed E-state index contributed by atoms with van der Waals surface area (Å²) in [5.41, 5.74) is 0. The minimum absolute atomic E-state index is 0.117. The first-order valence-corrected chi connectivity index (χ1v) is 9.03. The Balaban J connectivity index is 1.64. The van der Waals surface area contributed by atoms with Gasteiger partial charge in [0.25, 0.3) is 0 Å². The molecule has 1 aliphatic carbocycles. The smallest absolute Gasteiger partial charge is 0.210 e. The Bertz CT molecular complexity index is 606. The zero-order valence-electron chi connectivity index (χ0n) is 10.7. The van der Waals surface area contributed by atoms with Crippen molar-refractivity contribution in [1.82, 2.24) is 20.2 Å². The molecule has 0 atom stereocenters. The van der Waals surface area contributed by atoms with E-state index in [1.807, 2.05) is 16.8 Å². The van der Waals surface area contributed by atoms with Crippen LogP contribution in [0.2, 0.25) is 0 Å². The monoisotopic (exact) mass is 372 g/mol. The van der Waals surface area contributed by atoms with Crippen LogP contribution >= 0.6 is 39.0 Å². The fraction of sp³-hybridized carbons (Fsp3) is 0.500. The van der Waals surface area contributed by atoms with E-state index in [1.165, 1.54) is 35.9 Å². The van der Waals surface area contributed by atoms with Crippen LogP contribution in [-0.2, 0) is 0 Å². The van der Waals surface area contributed by atoms with E-state index < -0.39 is 0 Å². The van der Waals surface area contributed by atoms with Crippen molar-refractivity contribution in [2.75, 3.05) is 5.75 Å². The number of thioether (sulfide) groups is 1. The Morgan fingerprint density at radius 3 is 2.95 bits per heavy atom. The number of thiophene rings is 1. The summed E-state index contributed by atoms with van der Waals surface area (Å²) in [6.07, 6.45) is 4.72. The minimum Gasteiger partial charge on any atom is -0.292 e. The summed E-state index contributed by atoms with van der Waals surface area (Å²) in [4.78, 5) is 12.8. The highest BCUT2D eigenvalue weighted by molar-refractivity contribution is 9.11. The van der Waals surface area contributed by atoms with E-state index in [9.17, 15) is 4.79 Å². The predicted octanol–water partition coefficient (Wildman–Crippen LogP) is 3.59. The normalized spacial score (nSPS) is 15.8. The molecule has 20 heavy (non-hydrogen) atoms. The molecule has 2 aromatic heterocycles. The summed E-state index contributed by atoms with van der Waals surface area (Å²) in [7, 11) is 0. The van der Waals surface area contributed by atoms with Gasteiger partial charge in [-0.05, 0) is 51.3 Å². The van der Waals surface area contributed by atoms with Crippen molar-refractivity contribution in [2.45, 2.75) is 36.9 Å². The van der Waals surface area contributed by atoms with Crippen molar-refractivity contribution in [3.05, 3.63) is 20.8 Å². The number of hydrogen-bond acceptors (Lipinski definition) is 6. The van der Waals surface area contributed by atoms with E-state index in [1.54, 1.807) is 0 Å². The number of Topliss-reactive ketones (excluding diaryl/α,β-unsaturated/α-hetero) is 1. The number of tetrazole rings is 1. The summed E-state index contributed by atoms with van der Waals surface area (Å²) < 4.78 is 2.86. The number of carbonyl (C=O) groups is 1. The predicted molar refractivity (Wildman–Crippen MR) is 82.4 cm³/mol. The number of rotatable bonds is 5. The third-order valence-corrected chi connectivity index (χ3v) is 5.91. The van der Waals surface area contributed by atoms with E-state index in [0.29, 0.717) is 11.8 Å². The number of hydrogen-bond donors (Lipinski definition) is 0. The molecule has 5 nitrogen and oxygen atoms in total. The Kier molecular flexibility index (Phi) is 4.52. The molecule has 2 aromatic rings. The van der Waals surface area contributed by atoms with E-state index in [2.05, 4.69) is 31.5 Å². The molecule has 2 heterocycles. The molecule has 0 amide bonds. The van der Waals surface area contributed by atoms with Crippen LogP contribution in [0.5, 0.6) is 0 Å². The molecule has 106 valence electrons. The first kappa shape index (κ1) is 14.2. The maximum atomic E-state index is 12.1. The molecule has 0 spiro atoms. The number of nitrogens with zero attached hydrogens (tertiary/aromatic N) is 4. The molecule has 0 aliphatic heterocycles. The topological polar surface area (TPSA) is 60.7 Å². The van der Waals surface area contributed by atoms with Gasteiger partial charge in [0.2, 0.25) is 5.16 Å². The fourth-order valence-corrected chi connectivity index (χ4v) is 4.57. The van der Waals surface area contributed by atoms with Gasteiger partial charge in [0, 0.05) is 0 Å². The lowest BCUT2D eigenvalue weighted by Crippen LogP contribution is -2.09. The van der Waals surface area contributed by atoms with E-state index in [-0.39, 0.29) is 5.78 Å². The number of aromatic nitrogens is 4. The number of carbonyl (C=O) groups excluding carboxylic acids is 1. The van der Waals surface area contributed by atoms with Gasteiger partial charge in [-0.25, -0.2) is 4.68 Å². The number of halogens is 1. The second kappa shape index (κ2) is 6.36. The van der Waals surface area contributed by atoms with Crippen LogP contribution in [0, 0.1) is 0 Å². The Morgan fingerprint density at radius 2 is 2.25 bits per heavy atom. The molecule has 1 saturated carbocycles. The van der Waals surface area contributed by atoms with Crippen LogP contribution in [0.4, 0.5) is 0 Å². The lowest BCUT2D eigenvalue weighted by Gasteiger charge is -2.10. The maximum Gasteiger partial charge on any atom is 0.210 e. The molecule has 1 fully saturated rings. The number of ketones is 1. The van der Waals surface area contributed by atoms with Gasteiger partial charge in [-0.15, -0.1) is 16.4 Å². The van der Waals surface area contributed by atoms with Gasteiger partial charge in [0.15, 0.2) is 5.78 Å². The standard InChI is InChI=1S/C12H13BrN4OS2/c13-11-6-5-10(20-11)9(18)7-19-12-14-15-16-17(12)8-3-1-2-4-8/h5-6,8H,1-4,7H2. The van der Waals surface area contributed by atoms with E-state index >= 15 is 0 Å². The molecule has 8 heteroatoms. The second-order valence-electron chi connectivity index (χ2n) is 4.66. The lowest BCUT2D eigenvalue weighted by molar-refractivity contribution is 0.102. The van der Waals surface area contributed by atoms with Crippen LogP contribution in [0.25, 0.3) is 0 Å². The summed E-state index contributed by atoms with van der Waals surface area (Å²) >= 11 is 6.25. The van der Waals surface area contributed by atoms with Crippen molar-refractivity contribution in [3.63, 3.8) is 0 Å². The molecule has 0 unspecified atom stereocenters. The molecule has 0 N–H and O–H groups in total. The largest absolute Gasteiger partial charge is 0.292 e. The van der Waals surface area contributed by atoms with Crippen LogP contribution in [0.3, 0.4) is 0 Å². The van der Waals surface area contributed by atoms with Gasteiger partial charge in [0.1, 0.15) is 0 Å². The molecule has 0 bridgehead atoms. The van der Waals surface area contributed by atoms with Crippen molar-refractivity contribution in [3.8, 4) is 0 Å². The highest BCUT2D eigenvalue weighted by Gasteiger charge is 2.22. The minimum atomic E-state index is 0.117. The van der Waals surface area contributed by atoms with Gasteiger partial charge in [-0.2, -0.15) is 0 Å². The average Bonchev–Trinajstić information content (AvgIpc) is 3.16. The Hall–Kier alpha value is -0.730. The van der Waals surface area contributed by atoms with Crippen LogP contribution < -0.4 is 0 Å². The quantitative estimate of drug-likeness (QED) is 0.592. The van der Waals surface area contributed by atoms with Crippen molar-refractivity contribution in [1.29, 1.82) is 0 Å². The Morgan fingerprint density at radius 1 is 1.45 bits per heavy atom. The molecule has 1 aliphatic rings. The maximum absolute atomic E-state index is 12.1. The molecule has 0 saturated heterocycles. The Labute approximate surface area is 133 Å². The van der Waals surface area contributed by atoms with E-state index in [4.69, 9.17) is 0 Å². The molecular formula is C12H13BrN4OS2. The molecule has 3 rings (SSSR count). The second-order valence-corrected chi connectivity index (χ2v) is 8.07. The first-order chi connectivity index (χ1) is 9.74. The highest BCUT2D eigenvalue weighted by atomic mass is 79.9. The molecular weight excluding hydrogens is 360 g/mol. The SMILES string of the molecule is O=C(CSc1nnnn1C1CCCC1)c1ccc(Br)s1. The highest BCUT2D eigenvalue weighted by Crippen LogP contribution is 2.31. The van der Waals surface area contributed by atoms with Crippen LogP contribution in [0.15, 0.2) is 21.1 Å².